The topological polar surface area (TPSA) is 82.8 Å². The van der Waals surface area contributed by atoms with E-state index in [0.717, 1.165) is 17.5 Å². The minimum absolute atomic E-state index is 0.0679. The third-order valence-corrected chi connectivity index (χ3v) is 7.38. The van der Waals surface area contributed by atoms with Gasteiger partial charge in [-0.15, -0.1) is 0 Å². The van der Waals surface area contributed by atoms with Crippen LogP contribution < -0.4 is 4.90 Å². The SMILES string of the molecule is O=C(O)Cn1ccc2ccc(S(=O)(=O)N3CCN(c4ccc(C(F)(F)F)cc4)CC3)cc21. The zero-order valence-corrected chi connectivity index (χ0v) is 17.6. The van der Waals surface area contributed by atoms with Crippen molar-refractivity contribution >= 4 is 32.6 Å². The van der Waals surface area contributed by atoms with Gasteiger partial charge in [-0.3, -0.25) is 4.79 Å². The van der Waals surface area contributed by atoms with Gasteiger partial charge in [-0.25, -0.2) is 8.42 Å². The standard InChI is InChI=1S/C21H20F3N3O4S/c22-21(23,24)16-2-4-17(5-3-16)25-9-11-27(12-10-25)32(30,31)18-6-1-15-7-8-26(14-20(28)29)19(15)13-18/h1-8,13H,9-12,14H2,(H,28,29). The number of carboxylic acids is 1. The smallest absolute Gasteiger partial charge is 0.416 e. The second-order valence-electron chi connectivity index (χ2n) is 7.49. The summed E-state index contributed by atoms with van der Waals surface area (Å²) in [5.74, 6) is -1.03. The number of halogens is 3. The molecule has 1 aliphatic rings. The number of nitrogens with zero attached hydrogens (tertiary/aromatic N) is 3. The van der Waals surface area contributed by atoms with Gasteiger partial charge in [0.2, 0.25) is 10.0 Å². The van der Waals surface area contributed by atoms with E-state index in [9.17, 15) is 26.4 Å². The van der Waals surface area contributed by atoms with E-state index < -0.39 is 27.7 Å². The molecule has 1 saturated heterocycles. The minimum atomic E-state index is -4.41. The van der Waals surface area contributed by atoms with Gasteiger partial charge in [0.05, 0.1) is 10.5 Å². The summed E-state index contributed by atoms with van der Waals surface area (Å²) in [6.07, 6.45) is -2.81. The number of aliphatic carboxylic acids is 1. The van der Waals surface area contributed by atoms with Gasteiger partial charge in [-0.05, 0) is 47.9 Å². The normalized spacial score (nSPS) is 15.9. The van der Waals surface area contributed by atoms with Crippen molar-refractivity contribution in [1.82, 2.24) is 8.87 Å². The molecule has 2 aromatic carbocycles. The Morgan fingerprint density at radius 1 is 0.969 bits per heavy atom. The fourth-order valence-electron chi connectivity index (χ4n) is 3.80. The maximum atomic E-state index is 13.1. The van der Waals surface area contributed by atoms with Gasteiger partial charge in [-0.2, -0.15) is 17.5 Å². The molecule has 32 heavy (non-hydrogen) atoms. The number of anilines is 1. The molecule has 0 saturated carbocycles. The van der Waals surface area contributed by atoms with Crippen LogP contribution in [0.15, 0.2) is 59.6 Å². The third kappa shape index (κ3) is 4.30. The molecular formula is C21H20F3N3O4S. The summed E-state index contributed by atoms with van der Waals surface area (Å²) in [5, 5.41) is 9.78. The maximum Gasteiger partial charge on any atom is 0.416 e. The van der Waals surface area contributed by atoms with E-state index in [4.69, 9.17) is 5.11 Å². The average molecular weight is 467 g/mol. The first kappa shape index (κ1) is 22.2. The van der Waals surface area contributed by atoms with E-state index in [1.807, 2.05) is 4.90 Å². The number of carbonyl (C=O) groups is 1. The molecule has 170 valence electrons. The van der Waals surface area contributed by atoms with Gasteiger partial charge >= 0.3 is 12.1 Å². The monoisotopic (exact) mass is 467 g/mol. The fourth-order valence-corrected chi connectivity index (χ4v) is 5.25. The number of aromatic nitrogens is 1. The summed E-state index contributed by atoms with van der Waals surface area (Å²) < 4.78 is 67.3. The Labute approximate surface area is 182 Å². The largest absolute Gasteiger partial charge is 0.480 e. The molecule has 1 fully saturated rings. The second kappa shape index (κ2) is 8.14. The van der Waals surface area contributed by atoms with Crippen LogP contribution in [-0.4, -0.2) is 54.5 Å². The Hall–Kier alpha value is -3.05. The summed E-state index contributed by atoms with van der Waals surface area (Å²) in [5.41, 5.74) is 0.380. The number of alkyl halides is 3. The lowest BCUT2D eigenvalue weighted by molar-refractivity contribution is -0.138. The zero-order chi connectivity index (χ0) is 23.1. The number of hydrogen-bond donors (Lipinski definition) is 1. The highest BCUT2D eigenvalue weighted by molar-refractivity contribution is 7.89. The van der Waals surface area contributed by atoms with Crippen molar-refractivity contribution in [2.24, 2.45) is 0 Å². The van der Waals surface area contributed by atoms with Crippen molar-refractivity contribution in [1.29, 1.82) is 0 Å². The summed E-state index contributed by atoms with van der Waals surface area (Å²) in [4.78, 5) is 13.0. The zero-order valence-electron chi connectivity index (χ0n) is 16.8. The number of piperazine rings is 1. The van der Waals surface area contributed by atoms with Crippen molar-refractivity contribution in [2.45, 2.75) is 17.6 Å². The molecule has 4 rings (SSSR count). The molecule has 1 N–H and O–H groups in total. The first-order valence-corrected chi connectivity index (χ1v) is 11.2. The number of fused-ring (bicyclic) bond motifs is 1. The second-order valence-corrected chi connectivity index (χ2v) is 9.43. The molecule has 0 amide bonds. The molecule has 0 aliphatic carbocycles. The molecule has 0 atom stereocenters. The summed E-state index contributed by atoms with van der Waals surface area (Å²) in [6.45, 7) is 0.748. The van der Waals surface area contributed by atoms with Gasteiger partial charge in [-0.1, -0.05) is 6.07 Å². The van der Waals surface area contributed by atoms with E-state index in [1.165, 1.54) is 33.1 Å². The molecule has 0 bridgehead atoms. The third-order valence-electron chi connectivity index (χ3n) is 5.49. The van der Waals surface area contributed by atoms with Crippen LogP contribution in [0.25, 0.3) is 10.9 Å². The van der Waals surface area contributed by atoms with Crippen molar-refractivity contribution < 1.29 is 31.5 Å². The van der Waals surface area contributed by atoms with E-state index in [1.54, 1.807) is 18.3 Å². The molecule has 11 heteroatoms. The first-order valence-electron chi connectivity index (χ1n) is 9.79. The van der Waals surface area contributed by atoms with Crippen LogP contribution in [0, 0.1) is 0 Å². The Morgan fingerprint density at radius 2 is 1.62 bits per heavy atom. The van der Waals surface area contributed by atoms with E-state index >= 15 is 0 Å². The molecule has 0 radical (unpaired) electrons. The van der Waals surface area contributed by atoms with Gasteiger partial charge in [0.15, 0.2) is 0 Å². The molecule has 0 unspecified atom stereocenters. The molecule has 0 spiro atoms. The maximum absolute atomic E-state index is 13.1. The summed E-state index contributed by atoms with van der Waals surface area (Å²) >= 11 is 0. The highest BCUT2D eigenvalue weighted by Crippen LogP contribution is 2.31. The van der Waals surface area contributed by atoms with Crippen LogP contribution in [0.4, 0.5) is 18.9 Å². The summed E-state index contributed by atoms with van der Waals surface area (Å²) in [7, 11) is -3.81. The molecule has 1 aliphatic heterocycles. The van der Waals surface area contributed by atoms with E-state index in [-0.39, 0.29) is 24.5 Å². The van der Waals surface area contributed by atoms with Crippen LogP contribution in [0.1, 0.15) is 5.56 Å². The van der Waals surface area contributed by atoms with E-state index in [2.05, 4.69) is 0 Å². The van der Waals surface area contributed by atoms with Crippen molar-refractivity contribution in [2.75, 3.05) is 31.1 Å². The van der Waals surface area contributed by atoms with Gasteiger partial charge < -0.3 is 14.6 Å². The molecule has 7 nitrogen and oxygen atoms in total. The van der Waals surface area contributed by atoms with Gasteiger partial charge in [0.1, 0.15) is 6.54 Å². The van der Waals surface area contributed by atoms with Gasteiger partial charge in [0, 0.05) is 43.6 Å². The van der Waals surface area contributed by atoms with Crippen molar-refractivity contribution in [3.05, 3.63) is 60.3 Å². The Morgan fingerprint density at radius 3 is 2.22 bits per heavy atom. The minimum Gasteiger partial charge on any atom is -0.480 e. The van der Waals surface area contributed by atoms with Gasteiger partial charge in [0.25, 0.3) is 0 Å². The number of benzene rings is 2. The molecule has 3 aromatic rings. The Balaban J connectivity index is 1.50. The predicted octanol–water partition coefficient (Wildman–Crippen LogP) is 3.26. The lowest BCUT2D eigenvalue weighted by Crippen LogP contribution is -2.48. The summed E-state index contributed by atoms with van der Waals surface area (Å²) in [6, 6.07) is 11.1. The first-order chi connectivity index (χ1) is 15.1. The Bertz CT molecular complexity index is 1250. The van der Waals surface area contributed by atoms with Crippen molar-refractivity contribution in [3.8, 4) is 0 Å². The highest BCUT2D eigenvalue weighted by Gasteiger charge is 2.31. The highest BCUT2D eigenvalue weighted by atomic mass is 32.2. The molecular weight excluding hydrogens is 447 g/mol. The van der Waals surface area contributed by atoms with E-state index in [0.29, 0.717) is 24.3 Å². The number of rotatable bonds is 5. The fraction of sp³-hybridized carbons (Fsp3) is 0.286. The Kier molecular flexibility index (Phi) is 5.63. The lowest BCUT2D eigenvalue weighted by Gasteiger charge is -2.35. The quantitative estimate of drug-likeness (QED) is 0.623. The molecule has 1 aromatic heterocycles. The van der Waals surface area contributed by atoms with Crippen LogP contribution in [-0.2, 0) is 27.5 Å². The number of carboxylic acid groups (broad SMARTS) is 1. The number of hydrogen-bond acceptors (Lipinski definition) is 4. The predicted molar refractivity (Wildman–Crippen MR) is 112 cm³/mol. The van der Waals surface area contributed by atoms with Crippen LogP contribution >= 0.6 is 0 Å². The van der Waals surface area contributed by atoms with Crippen LogP contribution in [0.2, 0.25) is 0 Å². The van der Waals surface area contributed by atoms with Crippen LogP contribution in [0.3, 0.4) is 0 Å². The van der Waals surface area contributed by atoms with Crippen molar-refractivity contribution in [3.63, 3.8) is 0 Å². The van der Waals surface area contributed by atoms with Crippen LogP contribution in [0.5, 0.6) is 0 Å². The lowest BCUT2D eigenvalue weighted by atomic mass is 10.2. The number of sulfonamides is 1. The molecule has 2 heterocycles. The average Bonchev–Trinajstić information content (AvgIpc) is 3.15.